The van der Waals surface area contributed by atoms with Gasteiger partial charge in [0, 0.05) is 18.8 Å². The van der Waals surface area contributed by atoms with Crippen molar-refractivity contribution >= 4 is 5.78 Å². The van der Waals surface area contributed by atoms with E-state index < -0.39 is 0 Å². The van der Waals surface area contributed by atoms with Crippen molar-refractivity contribution in [2.75, 3.05) is 0 Å². The lowest BCUT2D eigenvalue weighted by Gasteiger charge is -2.55. The maximum atomic E-state index is 11.3. The lowest BCUT2D eigenvalue weighted by atomic mass is 9.68. The summed E-state index contributed by atoms with van der Waals surface area (Å²) >= 11 is 0. The number of hydrogen-bond donors (Lipinski definition) is 0. The minimum absolute atomic E-state index is 0.00554. The van der Waals surface area contributed by atoms with Gasteiger partial charge in [-0.05, 0) is 18.4 Å². The molecule has 0 amide bonds. The molecule has 2 heteroatoms. The summed E-state index contributed by atoms with van der Waals surface area (Å²) in [6.45, 7) is 2.26. The molecule has 1 saturated carbocycles. The molecule has 1 spiro atoms. The average molecular weight is 230 g/mol. The summed E-state index contributed by atoms with van der Waals surface area (Å²) < 4.78 is 6.16. The first-order valence-electron chi connectivity index (χ1n) is 6.46. The number of rotatable bonds is 1. The van der Waals surface area contributed by atoms with Crippen LogP contribution in [0.5, 0.6) is 0 Å². The fraction of sp³-hybridized carbons (Fsp3) is 0.533. The summed E-state index contributed by atoms with van der Waals surface area (Å²) in [6.07, 6.45) is 3.45. The molecule has 0 aromatic heterocycles. The second kappa shape index (κ2) is 3.95. The molecule has 2 aliphatic rings. The Labute approximate surface area is 102 Å². The molecule has 2 nitrogen and oxygen atoms in total. The molecular formula is C15H18O2. The molecule has 1 aliphatic carbocycles. The van der Waals surface area contributed by atoms with Gasteiger partial charge in [0.05, 0.1) is 11.7 Å². The first-order valence-corrected chi connectivity index (χ1v) is 6.46. The molecule has 1 unspecified atom stereocenters. The highest BCUT2D eigenvalue weighted by Crippen LogP contribution is 2.54. The zero-order valence-corrected chi connectivity index (χ0v) is 10.2. The van der Waals surface area contributed by atoms with Crippen LogP contribution < -0.4 is 0 Å². The van der Waals surface area contributed by atoms with Crippen molar-refractivity contribution in [3.63, 3.8) is 0 Å². The molecule has 90 valence electrons. The molecule has 0 bridgehead atoms. The van der Waals surface area contributed by atoms with E-state index in [1.54, 1.807) is 0 Å². The summed E-state index contributed by atoms with van der Waals surface area (Å²) in [6, 6.07) is 10.4. The molecule has 1 saturated heterocycles. The van der Waals surface area contributed by atoms with Crippen molar-refractivity contribution in [2.24, 2.45) is 5.92 Å². The number of Topliss-reactive ketones (excluding diaryl/α,β-unsaturated/α-hetero) is 1. The maximum absolute atomic E-state index is 11.3. The van der Waals surface area contributed by atoms with Crippen molar-refractivity contribution in [2.45, 2.75) is 44.3 Å². The number of carbonyl (C=O) groups excluding carboxylic acids is 1. The average Bonchev–Trinajstić information content (AvgIpc) is 2.38. The summed E-state index contributed by atoms with van der Waals surface area (Å²) in [7, 11) is 0. The number of hydrogen-bond acceptors (Lipinski definition) is 2. The molecular weight excluding hydrogens is 212 g/mol. The van der Waals surface area contributed by atoms with Gasteiger partial charge in [-0.3, -0.25) is 4.79 Å². The molecule has 1 aromatic carbocycles. The van der Waals surface area contributed by atoms with Crippen LogP contribution in [0.15, 0.2) is 30.3 Å². The lowest BCUT2D eigenvalue weighted by Crippen LogP contribution is -2.55. The first-order chi connectivity index (χ1) is 8.21. The Morgan fingerprint density at radius 3 is 2.41 bits per heavy atom. The van der Waals surface area contributed by atoms with E-state index in [4.69, 9.17) is 4.74 Å². The Hall–Kier alpha value is -1.15. The molecule has 0 N–H and O–H groups in total. The van der Waals surface area contributed by atoms with E-state index in [-0.39, 0.29) is 11.7 Å². The third-order valence-electron chi connectivity index (χ3n) is 4.43. The van der Waals surface area contributed by atoms with E-state index in [9.17, 15) is 4.79 Å². The maximum Gasteiger partial charge on any atom is 0.133 e. The Bertz CT molecular complexity index is 414. The highest BCUT2D eigenvalue weighted by atomic mass is 16.5. The predicted molar refractivity (Wildman–Crippen MR) is 65.6 cm³/mol. The Morgan fingerprint density at radius 1 is 1.18 bits per heavy atom. The standard InChI is InChI=1S/C15H18O2/c1-11-14(12-5-3-2-4-6-12)17-15(11)9-7-13(16)8-10-15/h2-6,11,14H,7-10H2,1H3/t11?,14-/m1/s1. The SMILES string of the molecule is CC1[C@H](c2ccccc2)OC12CCC(=O)CC2. The quantitative estimate of drug-likeness (QED) is 0.740. The Morgan fingerprint density at radius 2 is 1.82 bits per heavy atom. The molecule has 3 rings (SSSR count). The van der Waals surface area contributed by atoms with Crippen LogP contribution in [0.4, 0.5) is 0 Å². The number of benzene rings is 1. The highest BCUT2D eigenvalue weighted by molar-refractivity contribution is 5.79. The van der Waals surface area contributed by atoms with Crippen LogP contribution in [0.1, 0.15) is 44.3 Å². The van der Waals surface area contributed by atoms with Gasteiger partial charge in [0.1, 0.15) is 5.78 Å². The van der Waals surface area contributed by atoms with Crippen molar-refractivity contribution in [1.29, 1.82) is 0 Å². The van der Waals surface area contributed by atoms with Gasteiger partial charge in [-0.2, -0.15) is 0 Å². The van der Waals surface area contributed by atoms with Crippen LogP contribution >= 0.6 is 0 Å². The largest absolute Gasteiger partial charge is 0.366 e. The number of ether oxygens (including phenoxy) is 1. The fourth-order valence-corrected chi connectivity index (χ4v) is 3.19. The Kier molecular flexibility index (Phi) is 2.55. The van der Waals surface area contributed by atoms with E-state index in [1.807, 2.05) is 6.07 Å². The van der Waals surface area contributed by atoms with E-state index in [1.165, 1.54) is 5.56 Å². The van der Waals surface area contributed by atoms with Crippen LogP contribution in [0.2, 0.25) is 0 Å². The van der Waals surface area contributed by atoms with Gasteiger partial charge in [0.2, 0.25) is 0 Å². The van der Waals surface area contributed by atoms with Gasteiger partial charge in [-0.15, -0.1) is 0 Å². The molecule has 2 fully saturated rings. The summed E-state index contributed by atoms with van der Waals surface area (Å²) in [5.74, 6) is 0.924. The fourth-order valence-electron chi connectivity index (χ4n) is 3.19. The van der Waals surface area contributed by atoms with Gasteiger partial charge >= 0.3 is 0 Å². The molecule has 1 aliphatic heterocycles. The topological polar surface area (TPSA) is 26.3 Å². The second-order valence-electron chi connectivity index (χ2n) is 5.34. The zero-order valence-electron chi connectivity index (χ0n) is 10.2. The summed E-state index contributed by atoms with van der Waals surface area (Å²) in [5.41, 5.74) is 1.26. The van der Waals surface area contributed by atoms with Crippen LogP contribution in [0, 0.1) is 5.92 Å². The summed E-state index contributed by atoms with van der Waals surface area (Å²) in [5, 5.41) is 0. The monoisotopic (exact) mass is 230 g/mol. The minimum atomic E-state index is -0.00554. The van der Waals surface area contributed by atoms with Gasteiger partial charge < -0.3 is 4.74 Å². The predicted octanol–water partition coefficient (Wildman–Crippen LogP) is 3.28. The first kappa shape index (κ1) is 11.0. The van der Waals surface area contributed by atoms with Crippen LogP contribution in [0.25, 0.3) is 0 Å². The van der Waals surface area contributed by atoms with Crippen molar-refractivity contribution in [3.8, 4) is 0 Å². The Balaban J connectivity index is 1.73. The number of carbonyl (C=O) groups is 1. The molecule has 1 heterocycles. The minimum Gasteiger partial charge on any atom is -0.366 e. The van der Waals surface area contributed by atoms with E-state index >= 15 is 0 Å². The lowest BCUT2D eigenvalue weighted by molar-refractivity contribution is -0.269. The van der Waals surface area contributed by atoms with Gasteiger partial charge in [-0.1, -0.05) is 37.3 Å². The van der Waals surface area contributed by atoms with E-state index in [0.29, 0.717) is 24.5 Å². The number of ketones is 1. The van der Waals surface area contributed by atoms with Crippen molar-refractivity contribution in [1.82, 2.24) is 0 Å². The molecule has 1 aromatic rings. The van der Waals surface area contributed by atoms with E-state index in [0.717, 1.165) is 12.8 Å². The molecule has 17 heavy (non-hydrogen) atoms. The second-order valence-corrected chi connectivity index (χ2v) is 5.34. The highest BCUT2D eigenvalue weighted by Gasteiger charge is 2.54. The third-order valence-corrected chi connectivity index (χ3v) is 4.43. The van der Waals surface area contributed by atoms with Gasteiger partial charge in [0.15, 0.2) is 0 Å². The zero-order chi connectivity index (χ0) is 11.9. The molecule has 0 radical (unpaired) electrons. The van der Waals surface area contributed by atoms with Gasteiger partial charge in [-0.25, -0.2) is 0 Å². The summed E-state index contributed by atoms with van der Waals surface area (Å²) in [4.78, 5) is 11.3. The van der Waals surface area contributed by atoms with Crippen LogP contribution in [-0.2, 0) is 9.53 Å². The van der Waals surface area contributed by atoms with Crippen molar-refractivity contribution < 1.29 is 9.53 Å². The van der Waals surface area contributed by atoms with E-state index in [2.05, 4.69) is 31.2 Å². The third kappa shape index (κ3) is 1.71. The van der Waals surface area contributed by atoms with Gasteiger partial charge in [0.25, 0.3) is 0 Å². The molecule has 2 atom stereocenters. The van der Waals surface area contributed by atoms with Crippen molar-refractivity contribution in [3.05, 3.63) is 35.9 Å². The smallest absolute Gasteiger partial charge is 0.133 e. The van der Waals surface area contributed by atoms with Crippen LogP contribution in [-0.4, -0.2) is 11.4 Å². The van der Waals surface area contributed by atoms with Crippen LogP contribution in [0.3, 0.4) is 0 Å². The normalized spacial score (nSPS) is 31.2.